The molecule has 1 fully saturated rings. The molecular formula is C11H15NO2. The van der Waals surface area contributed by atoms with Crippen LogP contribution in [0.1, 0.15) is 54.1 Å². The van der Waals surface area contributed by atoms with Crippen LogP contribution in [0.4, 0.5) is 0 Å². The molecule has 1 aliphatic carbocycles. The molecule has 3 heteroatoms. The van der Waals surface area contributed by atoms with Gasteiger partial charge in [0.1, 0.15) is 0 Å². The zero-order valence-electron chi connectivity index (χ0n) is 8.16. The molecule has 0 aliphatic heterocycles. The van der Waals surface area contributed by atoms with E-state index in [2.05, 4.69) is 0 Å². The SMILES string of the molecule is NC(=O)c1occc1C1CCCCC1. The van der Waals surface area contributed by atoms with Crippen molar-refractivity contribution in [2.45, 2.75) is 38.0 Å². The number of amides is 1. The second-order valence-electron chi connectivity index (χ2n) is 3.90. The summed E-state index contributed by atoms with van der Waals surface area (Å²) < 4.78 is 5.10. The van der Waals surface area contributed by atoms with E-state index in [4.69, 9.17) is 10.2 Å². The number of furan rings is 1. The predicted octanol–water partition coefficient (Wildman–Crippen LogP) is 2.43. The lowest BCUT2D eigenvalue weighted by molar-refractivity contribution is 0.0971. The van der Waals surface area contributed by atoms with Crippen LogP contribution < -0.4 is 5.73 Å². The standard InChI is InChI=1S/C11H15NO2/c12-11(13)10-9(6-7-14-10)8-4-2-1-3-5-8/h6-8H,1-5H2,(H2,12,13). The molecule has 0 radical (unpaired) electrons. The Morgan fingerprint density at radius 1 is 1.36 bits per heavy atom. The van der Waals surface area contributed by atoms with Crippen molar-refractivity contribution >= 4 is 5.91 Å². The van der Waals surface area contributed by atoms with Gasteiger partial charge >= 0.3 is 0 Å². The third-order valence-corrected chi connectivity index (χ3v) is 2.96. The van der Waals surface area contributed by atoms with E-state index in [9.17, 15) is 4.79 Å². The molecular weight excluding hydrogens is 178 g/mol. The molecule has 0 aromatic carbocycles. The van der Waals surface area contributed by atoms with Crippen molar-refractivity contribution in [3.05, 3.63) is 23.7 Å². The van der Waals surface area contributed by atoms with E-state index in [0.29, 0.717) is 11.7 Å². The Labute approximate surface area is 83.3 Å². The summed E-state index contributed by atoms with van der Waals surface area (Å²) in [5.74, 6) is 0.387. The molecule has 1 aliphatic rings. The third-order valence-electron chi connectivity index (χ3n) is 2.96. The van der Waals surface area contributed by atoms with Crippen molar-refractivity contribution in [2.75, 3.05) is 0 Å². The molecule has 76 valence electrons. The molecule has 0 spiro atoms. The molecule has 1 aromatic rings. The van der Waals surface area contributed by atoms with E-state index in [0.717, 1.165) is 18.4 Å². The van der Waals surface area contributed by atoms with E-state index in [1.807, 2.05) is 6.07 Å². The molecule has 1 aromatic heterocycles. The zero-order chi connectivity index (χ0) is 9.97. The number of hydrogen-bond acceptors (Lipinski definition) is 2. The predicted molar refractivity (Wildman–Crippen MR) is 53.1 cm³/mol. The average Bonchev–Trinajstić information content (AvgIpc) is 2.67. The van der Waals surface area contributed by atoms with Gasteiger partial charge in [-0.15, -0.1) is 0 Å². The van der Waals surface area contributed by atoms with Gasteiger partial charge in [0.15, 0.2) is 5.76 Å². The second-order valence-corrected chi connectivity index (χ2v) is 3.90. The maximum atomic E-state index is 11.1. The van der Waals surface area contributed by atoms with E-state index in [-0.39, 0.29) is 0 Å². The molecule has 1 heterocycles. The van der Waals surface area contributed by atoms with E-state index in [1.165, 1.54) is 19.3 Å². The number of nitrogens with two attached hydrogens (primary N) is 1. The highest BCUT2D eigenvalue weighted by atomic mass is 16.3. The van der Waals surface area contributed by atoms with Gasteiger partial charge in [-0.3, -0.25) is 4.79 Å². The minimum Gasteiger partial charge on any atom is -0.459 e. The summed E-state index contributed by atoms with van der Waals surface area (Å²) in [4.78, 5) is 11.1. The Hall–Kier alpha value is -1.25. The molecule has 0 unspecified atom stereocenters. The van der Waals surface area contributed by atoms with Gasteiger partial charge < -0.3 is 10.2 Å². The zero-order valence-corrected chi connectivity index (χ0v) is 8.16. The van der Waals surface area contributed by atoms with Crippen molar-refractivity contribution in [3.8, 4) is 0 Å². The normalized spacial score (nSPS) is 18.3. The Bertz CT molecular complexity index is 324. The maximum Gasteiger partial charge on any atom is 0.284 e. The minimum atomic E-state index is -0.449. The lowest BCUT2D eigenvalue weighted by atomic mass is 9.84. The van der Waals surface area contributed by atoms with Gasteiger partial charge in [-0.2, -0.15) is 0 Å². The van der Waals surface area contributed by atoms with Gasteiger partial charge in [-0.25, -0.2) is 0 Å². The molecule has 0 atom stereocenters. The van der Waals surface area contributed by atoms with Crippen LogP contribution in [-0.4, -0.2) is 5.91 Å². The highest BCUT2D eigenvalue weighted by molar-refractivity contribution is 5.91. The number of carbonyl (C=O) groups is 1. The highest BCUT2D eigenvalue weighted by Gasteiger charge is 2.22. The van der Waals surface area contributed by atoms with Gasteiger partial charge in [0, 0.05) is 5.56 Å². The lowest BCUT2D eigenvalue weighted by Gasteiger charge is -2.20. The molecule has 14 heavy (non-hydrogen) atoms. The fraction of sp³-hybridized carbons (Fsp3) is 0.545. The summed E-state index contributed by atoms with van der Waals surface area (Å²) in [6.07, 6.45) is 7.66. The molecule has 1 amide bonds. The number of rotatable bonds is 2. The molecule has 3 nitrogen and oxygen atoms in total. The summed E-state index contributed by atoms with van der Waals surface area (Å²) in [7, 11) is 0. The summed E-state index contributed by atoms with van der Waals surface area (Å²) in [5.41, 5.74) is 6.24. The fourth-order valence-electron chi connectivity index (χ4n) is 2.25. The van der Waals surface area contributed by atoms with E-state index >= 15 is 0 Å². The molecule has 2 rings (SSSR count). The Kier molecular flexibility index (Phi) is 2.57. The fourth-order valence-corrected chi connectivity index (χ4v) is 2.25. The Balaban J connectivity index is 2.21. The van der Waals surface area contributed by atoms with Crippen molar-refractivity contribution in [1.29, 1.82) is 0 Å². The summed E-state index contributed by atoms with van der Waals surface area (Å²) in [6.45, 7) is 0. The van der Waals surface area contributed by atoms with Gasteiger partial charge in [0.25, 0.3) is 5.91 Å². The van der Waals surface area contributed by atoms with Gasteiger partial charge in [0.05, 0.1) is 6.26 Å². The first-order valence-corrected chi connectivity index (χ1v) is 5.16. The Morgan fingerprint density at radius 2 is 2.07 bits per heavy atom. The van der Waals surface area contributed by atoms with Gasteiger partial charge in [0.2, 0.25) is 0 Å². The maximum absolute atomic E-state index is 11.1. The van der Waals surface area contributed by atoms with Crippen molar-refractivity contribution in [3.63, 3.8) is 0 Å². The van der Waals surface area contributed by atoms with Crippen LogP contribution in [0, 0.1) is 0 Å². The quantitative estimate of drug-likeness (QED) is 0.784. The largest absolute Gasteiger partial charge is 0.459 e. The summed E-state index contributed by atoms with van der Waals surface area (Å²) in [6, 6.07) is 1.88. The van der Waals surface area contributed by atoms with Crippen LogP contribution in [0.5, 0.6) is 0 Å². The van der Waals surface area contributed by atoms with Crippen LogP contribution in [0.3, 0.4) is 0 Å². The summed E-state index contributed by atoms with van der Waals surface area (Å²) in [5, 5.41) is 0. The van der Waals surface area contributed by atoms with Crippen molar-refractivity contribution in [1.82, 2.24) is 0 Å². The smallest absolute Gasteiger partial charge is 0.284 e. The third kappa shape index (κ3) is 1.67. The van der Waals surface area contributed by atoms with Crippen LogP contribution in [0.2, 0.25) is 0 Å². The van der Waals surface area contributed by atoms with Gasteiger partial charge in [-0.05, 0) is 24.8 Å². The highest BCUT2D eigenvalue weighted by Crippen LogP contribution is 2.34. The first-order valence-electron chi connectivity index (χ1n) is 5.16. The van der Waals surface area contributed by atoms with Crippen LogP contribution in [0.25, 0.3) is 0 Å². The number of carbonyl (C=O) groups excluding carboxylic acids is 1. The van der Waals surface area contributed by atoms with Crippen molar-refractivity contribution < 1.29 is 9.21 Å². The first kappa shape index (κ1) is 9.31. The number of primary amides is 1. The summed E-state index contributed by atoms with van der Waals surface area (Å²) >= 11 is 0. The monoisotopic (exact) mass is 193 g/mol. The molecule has 2 N–H and O–H groups in total. The van der Waals surface area contributed by atoms with E-state index < -0.39 is 5.91 Å². The number of hydrogen-bond donors (Lipinski definition) is 1. The molecule has 0 bridgehead atoms. The van der Waals surface area contributed by atoms with Crippen molar-refractivity contribution in [2.24, 2.45) is 5.73 Å². The molecule has 1 saturated carbocycles. The van der Waals surface area contributed by atoms with Crippen LogP contribution >= 0.6 is 0 Å². The topological polar surface area (TPSA) is 56.2 Å². The molecule has 0 saturated heterocycles. The average molecular weight is 193 g/mol. The first-order chi connectivity index (χ1) is 6.79. The lowest BCUT2D eigenvalue weighted by Crippen LogP contribution is -2.14. The minimum absolute atomic E-state index is 0.358. The second kappa shape index (κ2) is 3.86. The van der Waals surface area contributed by atoms with Crippen LogP contribution in [-0.2, 0) is 0 Å². The van der Waals surface area contributed by atoms with Crippen LogP contribution in [0.15, 0.2) is 16.7 Å². The Morgan fingerprint density at radius 3 is 2.71 bits per heavy atom. The van der Waals surface area contributed by atoms with E-state index in [1.54, 1.807) is 6.26 Å². The van der Waals surface area contributed by atoms with Gasteiger partial charge in [-0.1, -0.05) is 19.3 Å².